The molecule has 1 amide bonds. The van der Waals surface area contributed by atoms with Crippen LogP contribution in [0.3, 0.4) is 0 Å². The van der Waals surface area contributed by atoms with Crippen molar-refractivity contribution < 1.29 is 27.5 Å². The second kappa shape index (κ2) is 7.02. The van der Waals surface area contributed by atoms with Gasteiger partial charge in [0.1, 0.15) is 6.04 Å². The maximum absolute atomic E-state index is 12.3. The first-order chi connectivity index (χ1) is 10.4. The molecule has 0 heterocycles. The van der Waals surface area contributed by atoms with Crippen molar-refractivity contribution in [2.24, 2.45) is 0 Å². The fraction of sp³-hybridized carbons (Fsp3) is 0.500. The SMILES string of the molecule is COC(=O)C(Cc1ccc(C(C)(C)C)cc1)NC(=O)C(F)(F)F. The number of halogens is 3. The Hall–Kier alpha value is -2.05. The van der Waals surface area contributed by atoms with Crippen LogP contribution < -0.4 is 5.32 Å². The Morgan fingerprint density at radius 2 is 1.65 bits per heavy atom. The smallest absolute Gasteiger partial charge is 0.467 e. The minimum atomic E-state index is -5.05. The second-order valence-corrected chi connectivity index (χ2v) is 6.20. The molecule has 0 saturated heterocycles. The summed E-state index contributed by atoms with van der Waals surface area (Å²) in [7, 11) is 1.05. The van der Waals surface area contributed by atoms with E-state index in [0.717, 1.165) is 12.7 Å². The van der Waals surface area contributed by atoms with Crippen LogP contribution in [0.5, 0.6) is 0 Å². The van der Waals surface area contributed by atoms with E-state index in [0.29, 0.717) is 5.56 Å². The molecule has 0 aliphatic rings. The van der Waals surface area contributed by atoms with Gasteiger partial charge in [-0.1, -0.05) is 45.0 Å². The normalized spacial score (nSPS) is 13.3. The fourth-order valence-corrected chi connectivity index (χ4v) is 1.95. The number of carbonyl (C=O) groups is 2. The van der Waals surface area contributed by atoms with Crippen molar-refractivity contribution in [2.75, 3.05) is 7.11 Å². The van der Waals surface area contributed by atoms with E-state index >= 15 is 0 Å². The van der Waals surface area contributed by atoms with E-state index in [4.69, 9.17) is 0 Å². The van der Waals surface area contributed by atoms with Crippen LogP contribution in [0.4, 0.5) is 13.2 Å². The number of hydrogen-bond acceptors (Lipinski definition) is 3. The molecular weight excluding hydrogens is 311 g/mol. The van der Waals surface area contributed by atoms with E-state index in [1.54, 1.807) is 17.4 Å². The molecule has 1 N–H and O–H groups in total. The van der Waals surface area contributed by atoms with Crippen LogP contribution in [0.15, 0.2) is 24.3 Å². The first-order valence-electron chi connectivity index (χ1n) is 7.00. The van der Waals surface area contributed by atoms with Gasteiger partial charge in [-0.15, -0.1) is 0 Å². The molecule has 1 aromatic carbocycles. The first-order valence-corrected chi connectivity index (χ1v) is 7.00. The summed E-state index contributed by atoms with van der Waals surface area (Å²) in [5.74, 6) is -3.10. The molecule has 0 fully saturated rings. The van der Waals surface area contributed by atoms with Crippen molar-refractivity contribution in [3.8, 4) is 0 Å². The van der Waals surface area contributed by atoms with Gasteiger partial charge in [0.05, 0.1) is 7.11 Å². The molecule has 1 atom stereocenters. The number of rotatable bonds is 4. The minimum absolute atomic E-state index is 0.0647. The van der Waals surface area contributed by atoms with Gasteiger partial charge in [0.2, 0.25) is 0 Å². The van der Waals surface area contributed by atoms with Crippen LogP contribution in [0.2, 0.25) is 0 Å². The number of methoxy groups -OCH3 is 1. The lowest BCUT2D eigenvalue weighted by Crippen LogP contribution is -2.48. The maximum Gasteiger partial charge on any atom is 0.471 e. The van der Waals surface area contributed by atoms with Gasteiger partial charge in [-0.05, 0) is 16.5 Å². The Bertz CT molecular complexity index is 559. The number of esters is 1. The number of ether oxygens (including phenoxy) is 1. The van der Waals surface area contributed by atoms with E-state index in [9.17, 15) is 22.8 Å². The standard InChI is InChI=1S/C16H20F3NO3/c1-15(2,3)11-7-5-10(6-8-11)9-12(13(21)23-4)20-14(22)16(17,18)19/h5-8,12H,9H2,1-4H3,(H,20,22). The van der Waals surface area contributed by atoms with Crippen LogP contribution in [-0.4, -0.2) is 31.2 Å². The predicted octanol–water partition coefficient (Wildman–Crippen LogP) is 2.75. The molecule has 0 spiro atoms. The van der Waals surface area contributed by atoms with Crippen LogP contribution >= 0.6 is 0 Å². The van der Waals surface area contributed by atoms with Crippen molar-refractivity contribution in [1.82, 2.24) is 5.32 Å². The lowest BCUT2D eigenvalue weighted by molar-refractivity contribution is -0.175. The van der Waals surface area contributed by atoms with Gasteiger partial charge in [0.25, 0.3) is 0 Å². The number of benzene rings is 1. The van der Waals surface area contributed by atoms with Gasteiger partial charge in [-0.2, -0.15) is 13.2 Å². The summed E-state index contributed by atoms with van der Waals surface area (Å²) < 4.78 is 41.5. The fourth-order valence-electron chi connectivity index (χ4n) is 1.95. The monoisotopic (exact) mass is 331 g/mol. The van der Waals surface area contributed by atoms with Crippen molar-refractivity contribution in [3.05, 3.63) is 35.4 Å². The molecule has 1 unspecified atom stereocenters. The van der Waals surface area contributed by atoms with Crippen molar-refractivity contribution in [2.45, 2.75) is 44.8 Å². The van der Waals surface area contributed by atoms with Crippen LogP contribution in [-0.2, 0) is 26.2 Å². The van der Waals surface area contributed by atoms with Gasteiger partial charge in [0.15, 0.2) is 0 Å². The van der Waals surface area contributed by atoms with E-state index in [1.165, 1.54) is 0 Å². The average molecular weight is 331 g/mol. The molecule has 1 aromatic rings. The average Bonchev–Trinajstić information content (AvgIpc) is 2.44. The highest BCUT2D eigenvalue weighted by atomic mass is 19.4. The molecule has 128 valence electrons. The number of hydrogen-bond donors (Lipinski definition) is 1. The Labute approximate surface area is 133 Å². The van der Waals surface area contributed by atoms with Crippen LogP contribution in [0, 0.1) is 0 Å². The quantitative estimate of drug-likeness (QED) is 0.863. The Morgan fingerprint density at radius 1 is 1.13 bits per heavy atom. The van der Waals surface area contributed by atoms with E-state index < -0.39 is 24.1 Å². The zero-order chi connectivity index (χ0) is 17.8. The molecule has 4 nitrogen and oxygen atoms in total. The lowest BCUT2D eigenvalue weighted by Gasteiger charge is -2.20. The summed E-state index contributed by atoms with van der Waals surface area (Å²) in [5.41, 5.74) is 1.61. The number of carbonyl (C=O) groups excluding carboxylic acids is 2. The van der Waals surface area contributed by atoms with Gasteiger partial charge in [-0.3, -0.25) is 4.79 Å². The molecule has 0 bridgehead atoms. The Balaban J connectivity index is 2.90. The maximum atomic E-state index is 12.3. The molecule has 0 saturated carbocycles. The van der Waals surface area contributed by atoms with E-state index in [1.807, 2.05) is 32.9 Å². The summed E-state index contributed by atoms with van der Waals surface area (Å²) in [6, 6.07) is 5.73. The molecule has 0 aliphatic carbocycles. The molecule has 1 rings (SSSR count). The highest BCUT2D eigenvalue weighted by molar-refractivity contribution is 5.87. The second-order valence-electron chi connectivity index (χ2n) is 6.20. The van der Waals surface area contributed by atoms with Gasteiger partial charge >= 0.3 is 18.1 Å². The minimum Gasteiger partial charge on any atom is -0.467 e. The summed E-state index contributed by atoms with van der Waals surface area (Å²) in [6.45, 7) is 6.09. The molecule has 23 heavy (non-hydrogen) atoms. The third-order valence-electron chi connectivity index (χ3n) is 3.31. The molecule has 0 aliphatic heterocycles. The highest BCUT2D eigenvalue weighted by Crippen LogP contribution is 2.22. The predicted molar refractivity (Wildman–Crippen MR) is 78.8 cm³/mol. The van der Waals surface area contributed by atoms with Crippen molar-refractivity contribution in [1.29, 1.82) is 0 Å². The molecule has 0 radical (unpaired) electrons. The van der Waals surface area contributed by atoms with Crippen molar-refractivity contribution in [3.63, 3.8) is 0 Å². The highest BCUT2D eigenvalue weighted by Gasteiger charge is 2.41. The van der Waals surface area contributed by atoms with Gasteiger partial charge in [0, 0.05) is 6.42 Å². The number of nitrogens with one attached hydrogen (secondary N) is 1. The van der Waals surface area contributed by atoms with Crippen LogP contribution in [0.1, 0.15) is 31.9 Å². The zero-order valence-corrected chi connectivity index (χ0v) is 13.5. The van der Waals surface area contributed by atoms with E-state index in [-0.39, 0.29) is 11.8 Å². The molecule has 0 aromatic heterocycles. The molecule has 7 heteroatoms. The summed E-state index contributed by atoms with van der Waals surface area (Å²) in [6.07, 6.45) is -5.14. The lowest BCUT2D eigenvalue weighted by atomic mass is 9.86. The topological polar surface area (TPSA) is 55.4 Å². The Kier molecular flexibility index (Phi) is 5.80. The number of alkyl halides is 3. The van der Waals surface area contributed by atoms with Crippen LogP contribution in [0.25, 0.3) is 0 Å². The van der Waals surface area contributed by atoms with Crippen molar-refractivity contribution >= 4 is 11.9 Å². The summed E-state index contributed by atoms with van der Waals surface area (Å²) >= 11 is 0. The van der Waals surface area contributed by atoms with E-state index in [2.05, 4.69) is 4.74 Å². The zero-order valence-electron chi connectivity index (χ0n) is 13.5. The number of amides is 1. The van der Waals surface area contributed by atoms with Gasteiger partial charge < -0.3 is 10.1 Å². The van der Waals surface area contributed by atoms with Gasteiger partial charge in [-0.25, -0.2) is 4.79 Å². The summed E-state index contributed by atoms with van der Waals surface area (Å²) in [4.78, 5) is 22.6. The summed E-state index contributed by atoms with van der Waals surface area (Å²) in [5, 5.41) is 1.66. The largest absolute Gasteiger partial charge is 0.471 e. The Morgan fingerprint density at radius 3 is 2.04 bits per heavy atom. The third kappa shape index (κ3) is 5.58. The third-order valence-corrected chi connectivity index (χ3v) is 3.31. The first kappa shape index (κ1) is 19.0. The molecular formula is C16H20F3NO3.